The van der Waals surface area contributed by atoms with Crippen molar-refractivity contribution in [2.75, 3.05) is 16.4 Å². The van der Waals surface area contributed by atoms with Crippen molar-refractivity contribution in [2.45, 2.75) is 17.4 Å². The van der Waals surface area contributed by atoms with Gasteiger partial charge in [0.15, 0.2) is 4.34 Å². The molecule has 0 saturated carbocycles. The van der Waals surface area contributed by atoms with E-state index >= 15 is 0 Å². The molecular weight excluding hydrogens is 409 g/mol. The van der Waals surface area contributed by atoms with Crippen LogP contribution in [-0.2, 0) is 11.0 Å². The first kappa shape index (κ1) is 20.2. The number of para-hydroxylation sites is 1. The summed E-state index contributed by atoms with van der Waals surface area (Å²) in [6.07, 6.45) is -4.54. The first-order valence-corrected chi connectivity index (χ1v) is 9.87. The molecule has 1 aromatic heterocycles. The number of thioether (sulfide) groups is 1. The van der Waals surface area contributed by atoms with Crippen LogP contribution in [0.4, 0.5) is 29.7 Å². The van der Waals surface area contributed by atoms with E-state index in [4.69, 9.17) is 0 Å². The molecule has 0 fully saturated rings. The van der Waals surface area contributed by atoms with Crippen molar-refractivity contribution in [1.29, 1.82) is 0 Å². The molecule has 1 amide bonds. The number of carbonyl (C=O) groups is 1. The first-order chi connectivity index (χ1) is 13.3. The van der Waals surface area contributed by atoms with Crippen molar-refractivity contribution >= 4 is 45.5 Å². The number of rotatable bonds is 6. The van der Waals surface area contributed by atoms with Gasteiger partial charge < -0.3 is 10.6 Å². The van der Waals surface area contributed by atoms with E-state index < -0.39 is 17.6 Å². The zero-order valence-electron chi connectivity index (χ0n) is 14.6. The number of hydrogen-bond donors (Lipinski definition) is 2. The lowest BCUT2D eigenvalue weighted by Gasteiger charge is -2.13. The monoisotopic (exact) mass is 424 g/mol. The number of benzene rings is 2. The van der Waals surface area contributed by atoms with Gasteiger partial charge in [0.25, 0.3) is 0 Å². The number of carbonyl (C=O) groups excluding carboxylic acids is 1. The van der Waals surface area contributed by atoms with Crippen molar-refractivity contribution in [1.82, 2.24) is 10.2 Å². The maximum atomic E-state index is 13.0. The summed E-state index contributed by atoms with van der Waals surface area (Å²) in [5.74, 6) is -0.629. The molecule has 146 valence electrons. The molecule has 0 aliphatic rings. The molecule has 3 aromatic rings. The summed E-state index contributed by atoms with van der Waals surface area (Å²) in [5, 5.41) is 14.0. The van der Waals surface area contributed by atoms with Crippen LogP contribution >= 0.6 is 23.1 Å². The summed E-state index contributed by atoms with van der Waals surface area (Å²) >= 11 is 2.37. The third kappa shape index (κ3) is 5.46. The fourth-order valence-corrected chi connectivity index (χ4v) is 3.89. The van der Waals surface area contributed by atoms with Crippen molar-refractivity contribution < 1.29 is 18.0 Å². The van der Waals surface area contributed by atoms with Crippen LogP contribution in [0, 0.1) is 6.92 Å². The number of aromatic nitrogens is 2. The Bertz CT molecular complexity index is 975. The topological polar surface area (TPSA) is 66.9 Å². The lowest BCUT2D eigenvalue weighted by molar-refractivity contribution is -0.137. The Balaban J connectivity index is 1.57. The third-order valence-corrected chi connectivity index (χ3v) is 5.48. The summed E-state index contributed by atoms with van der Waals surface area (Å²) < 4.78 is 39.5. The van der Waals surface area contributed by atoms with Gasteiger partial charge in [0.05, 0.1) is 17.0 Å². The lowest BCUT2D eigenvalue weighted by atomic mass is 10.1. The molecule has 2 N–H and O–H groups in total. The normalized spacial score (nSPS) is 11.3. The summed E-state index contributed by atoms with van der Waals surface area (Å²) in [6, 6.07) is 12.6. The second-order valence-corrected chi connectivity index (χ2v) is 7.95. The SMILES string of the molecule is Cc1cccc(Nc2nnc(SCC(=O)Nc3ccccc3C(F)(F)F)s2)c1. The zero-order chi connectivity index (χ0) is 20.1. The molecule has 0 aliphatic carbocycles. The number of alkyl halides is 3. The minimum Gasteiger partial charge on any atom is -0.330 e. The van der Waals surface area contributed by atoms with Crippen LogP contribution in [0.2, 0.25) is 0 Å². The highest BCUT2D eigenvalue weighted by Gasteiger charge is 2.33. The summed E-state index contributed by atoms with van der Waals surface area (Å²) in [5.41, 5.74) is 0.822. The number of hydrogen-bond acceptors (Lipinski definition) is 6. The maximum Gasteiger partial charge on any atom is 0.418 e. The first-order valence-electron chi connectivity index (χ1n) is 8.07. The summed E-state index contributed by atoms with van der Waals surface area (Å²) in [4.78, 5) is 12.0. The smallest absolute Gasteiger partial charge is 0.330 e. The molecule has 10 heteroatoms. The number of nitrogens with one attached hydrogen (secondary N) is 2. The van der Waals surface area contributed by atoms with Crippen molar-refractivity contribution in [3.63, 3.8) is 0 Å². The standard InChI is InChI=1S/C18H15F3N4OS2/c1-11-5-4-6-12(9-11)22-16-24-25-17(28-16)27-10-15(26)23-14-8-3-2-7-13(14)18(19,20)21/h2-9H,10H2,1H3,(H,22,24)(H,23,26). The number of anilines is 3. The number of aryl methyl sites for hydroxylation is 1. The van der Waals surface area contributed by atoms with Gasteiger partial charge in [0, 0.05) is 5.69 Å². The molecule has 2 aromatic carbocycles. The number of amides is 1. The van der Waals surface area contributed by atoms with Gasteiger partial charge in [-0.15, -0.1) is 10.2 Å². The quantitative estimate of drug-likeness (QED) is 0.523. The molecule has 0 saturated heterocycles. The summed E-state index contributed by atoms with van der Waals surface area (Å²) in [7, 11) is 0. The Morgan fingerprint density at radius 2 is 1.93 bits per heavy atom. The largest absolute Gasteiger partial charge is 0.418 e. The van der Waals surface area contributed by atoms with Crippen molar-refractivity contribution in [2.24, 2.45) is 0 Å². The molecule has 0 atom stereocenters. The van der Waals surface area contributed by atoms with Crippen LogP contribution in [-0.4, -0.2) is 21.9 Å². The molecule has 0 radical (unpaired) electrons. The van der Waals surface area contributed by atoms with Crippen LogP contribution in [0.25, 0.3) is 0 Å². The molecular formula is C18H15F3N4OS2. The van der Waals surface area contributed by atoms with Crippen LogP contribution in [0.3, 0.4) is 0 Å². The van der Waals surface area contributed by atoms with Crippen LogP contribution in [0.1, 0.15) is 11.1 Å². The Labute approximate surface area is 167 Å². The predicted molar refractivity (Wildman–Crippen MR) is 105 cm³/mol. The highest BCUT2D eigenvalue weighted by Crippen LogP contribution is 2.35. The average Bonchev–Trinajstić information content (AvgIpc) is 3.07. The predicted octanol–water partition coefficient (Wildman–Crippen LogP) is 5.34. The van der Waals surface area contributed by atoms with Gasteiger partial charge in [0.1, 0.15) is 0 Å². The molecule has 3 rings (SSSR count). The zero-order valence-corrected chi connectivity index (χ0v) is 16.2. The Morgan fingerprint density at radius 1 is 1.14 bits per heavy atom. The fourth-order valence-electron chi connectivity index (χ4n) is 2.32. The fraction of sp³-hybridized carbons (Fsp3) is 0.167. The molecule has 0 unspecified atom stereocenters. The number of halogens is 3. The van der Waals surface area contributed by atoms with E-state index in [-0.39, 0.29) is 11.4 Å². The van der Waals surface area contributed by atoms with Crippen molar-refractivity contribution in [3.05, 3.63) is 59.7 Å². The minimum absolute atomic E-state index is 0.0781. The second kappa shape index (κ2) is 8.61. The van der Waals surface area contributed by atoms with E-state index in [9.17, 15) is 18.0 Å². The molecule has 1 heterocycles. The molecule has 5 nitrogen and oxygen atoms in total. The van der Waals surface area contributed by atoms with Gasteiger partial charge in [-0.1, -0.05) is 47.4 Å². The molecule has 0 aliphatic heterocycles. The molecule has 0 spiro atoms. The highest BCUT2D eigenvalue weighted by atomic mass is 32.2. The maximum absolute atomic E-state index is 13.0. The van der Waals surface area contributed by atoms with Crippen LogP contribution in [0.15, 0.2) is 52.9 Å². The Hall–Kier alpha value is -2.59. The third-order valence-electron chi connectivity index (χ3n) is 3.51. The van der Waals surface area contributed by atoms with Gasteiger partial charge in [-0.25, -0.2) is 0 Å². The van der Waals surface area contributed by atoms with E-state index in [0.717, 1.165) is 29.1 Å². The lowest BCUT2D eigenvalue weighted by Crippen LogP contribution is -2.18. The second-order valence-electron chi connectivity index (χ2n) is 5.75. The van der Waals surface area contributed by atoms with E-state index in [2.05, 4.69) is 20.8 Å². The van der Waals surface area contributed by atoms with Gasteiger partial charge in [-0.2, -0.15) is 13.2 Å². The van der Waals surface area contributed by atoms with Crippen LogP contribution in [0.5, 0.6) is 0 Å². The Morgan fingerprint density at radius 3 is 2.68 bits per heavy atom. The number of nitrogens with zero attached hydrogens (tertiary/aromatic N) is 2. The summed E-state index contributed by atoms with van der Waals surface area (Å²) in [6.45, 7) is 1.97. The van der Waals surface area contributed by atoms with E-state index in [0.29, 0.717) is 9.47 Å². The average molecular weight is 424 g/mol. The highest BCUT2D eigenvalue weighted by molar-refractivity contribution is 8.01. The minimum atomic E-state index is -4.54. The Kier molecular flexibility index (Phi) is 6.20. The molecule has 0 bridgehead atoms. The van der Waals surface area contributed by atoms with E-state index in [1.165, 1.54) is 29.5 Å². The van der Waals surface area contributed by atoms with Gasteiger partial charge in [0.2, 0.25) is 11.0 Å². The van der Waals surface area contributed by atoms with Crippen LogP contribution < -0.4 is 10.6 Å². The van der Waals surface area contributed by atoms with Gasteiger partial charge >= 0.3 is 6.18 Å². The van der Waals surface area contributed by atoms with E-state index in [1.54, 1.807) is 0 Å². The molecule has 28 heavy (non-hydrogen) atoms. The van der Waals surface area contributed by atoms with Gasteiger partial charge in [-0.3, -0.25) is 4.79 Å². The van der Waals surface area contributed by atoms with E-state index in [1.807, 2.05) is 31.2 Å². The van der Waals surface area contributed by atoms with Crippen molar-refractivity contribution in [3.8, 4) is 0 Å². The van der Waals surface area contributed by atoms with Gasteiger partial charge in [-0.05, 0) is 36.8 Å².